The molecule has 0 amide bonds. The molecule has 0 saturated heterocycles. The van der Waals surface area contributed by atoms with Crippen molar-refractivity contribution >= 4 is 5.97 Å². The van der Waals surface area contributed by atoms with Crippen molar-refractivity contribution in [2.24, 2.45) is 0 Å². The van der Waals surface area contributed by atoms with E-state index < -0.39 is 5.97 Å². The maximum atomic E-state index is 10.8. The summed E-state index contributed by atoms with van der Waals surface area (Å²) in [6.07, 6.45) is 0. The predicted molar refractivity (Wildman–Crippen MR) is 48.8 cm³/mol. The van der Waals surface area contributed by atoms with Crippen molar-refractivity contribution in [3.8, 4) is 6.07 Å². The van der Waals surface area contributed by atoms with Crippen molar-refractivity contribution < 1.29 is 15.0 Å². The van der Waals surface area contributed by atoms with E-state index in [4.69, 9.17) is 15.5 Å². The zero-order chi connectivity index (χ0) is 10.7. The van der Waals surface area contributed by atoms with E-state index in [-0.39, 0.29) is 17.7 Å². The molecule has 4 nitrogen and oxygen atoms in total. The molecule has 0 unspecified atom stereocenters. The zero-order valence-corrected chi connectivity index (χ0v) is 7.61. The number of aromatic carboxylic acids is 1. The van der Waals surface area contributed by atoms with Crippen LogP contribution in [0.2, 0.25) is 0 Å². The molecule has 0 fully saturated rings. The van der Waals surface area contributed by atoms with Crippen LogP contribution in [0.3, 0.4) is 0 Å². The molecule has 0 saturated carbocycles. The van der Waals surface area contributed by atoms with E-state index in [0.717, 1.165) is 0 Å². The Morgan fingerprint density at radius 3 is 2.64 bits per heavy atom. The minimum absolute atomic E-state index is 0.0330. The van der Waals surface area contributed by atoms with Crippen LogP contribution >= 0.6 is 0 Å². The molecule has 14 heavy (non-hydrogen) atoms. The summed E-state index contributed by atoms with van der Waals surface area (Å²) in [5, 5.41) is 26.5. The number of benzene rings is 1. The normalized spacial score (nSPS) is 9.50. The van der Waals surface area contributed by atoms with Gasteiger partial charge in [-0.05, 0) is 24.1 Å². The number of hydrogen-bond donors (Lipinski definition) is 2. The van der Waals surface area contributed by atoms with Crippen LogP contribution in [0.5, 0.6) is 0 Å². The van der Waals surface area contributed by atoms with Crippen LogP contribution in [0.4, 0.5) is 0 Å². The van der Waals surface area contributed by atoms with Gasteiger partial charge in [0.15, 0.2) is 0 Å². The molecular weight excluding hydrogens is 182 g/mol. The molecule has 0 radical (unpaired) electrons. The average Bonchev–Trinajstić information content (AvgIpc) is 2.16. The van der Waals surface area contributed by atoms with E-state index in [9.17, 15) is 4.79 Å². The third-order valence-corrected chi connectivity index (χ3v) is 1.88. The molecule has 4 heteroatoms. The quantitative estimate of drug-likeness (QED) is 0.732. The fraction of sp³-hybridized carbons (Fsp3) is 0.200. The maximum Gasteiger partial charge on any atom is 0.337 e. The Morgan fingerprint density at radius 1 is 1.57 bits per heavy atom. The number of rotatable bonds is 2. The van der Waals surface area contributed by atoms with Crippen molar-refractivity contribution in [2.75, 3.05) is 0 Å². The topological polar surface area (TPSA) is 81.3 Å². The van der Waals surface area contributed by atoms with E-state index in [1.165, 1.54) is 6.07 Å². The van der Waals surface area contributed by atoms with Crippen LogP contribution in [0, 0.1) is 18.3 Å². The molecule has 0 spiro atoms. The molecular formula is C10H9NO3. The maximum absolute atomic E-state index is 10.8. The monoisotopic (exact) mass is 191 g/mol. The number of carboxylic acids is 1. The molecule has 0 atom stereocenters. The molecule has 1 aromatic carbocycles. The van der Waals surface area contributed by atoms with Crippen LogP contribution in [0.1, 0.15) is 27.0 Å². The lowest BCUT2D eigenvalue weighted by atomic mass is 9.99. The van der Waals surface area contributed by atoms with Gasteiger partial charge < -0.3 is 10.2 Å². The molecule has 0 bridgehead atoms. The first-order valence-electron chi connectivity index (χ1n) is 3.98. The average molecular weight is 191 g/mol. The molecule has 0 aromatic heterocycles. The highest BCUT2D eigenvalue weighted by atomic mass is 16.4. The Bertz CT molecular complexity index is 418. The molecule has 72 valence electrons. The summed E-state index contributed by atoms with van der Waals surface area (Å²) in [5.74, 6) is -1.15. The lowest BCUT2D eigenvalue weighted by Crippen LogP contribution is -2.04. The van der Waals surface area contributed by atoms with E-state index >= 15 is 0 Å². The second kappa shape index (κ2) is 3.90. The van der Waals surface area contributed by atoms with Crippen molar-refractivity contribution in [3.63, 3.8) is 0 Å². The lowest BCUT2D eigenvalue weighted by molar-refractivity contribution is 0.0696. The van der Waals surface area contributed by atoms with Crippen LogP contribution in [-0.4, -0.2) is 16.2 Å². The Kier molecular flexibility index (Phi) is 2.85. The van der Waals surface area contributed by atoms with Gasteiger partial charge in [0.2, 0.25) is 0 Å². The smallest absolute Gasteiger partial charge is 0.337 e. The highest BCUT2D eigenvalue weighted by molar-refractivity contribution is 5.91. The number of aryl methyl sites for hydroxylation is 1. The van der Waals surface area contributed by atoms with Crippen molar-refractivity contribution in [1.29, 1.82) is 5.26 Å². The van der Waals surface area contributed by atoms with Gasteiger partial charge in [-0.15, -0.1) is 0 Å². The number of aliphatic hydroxyl groups excluding tert-OH is 1. The van der Waals surface area contributed by atoms with Gasteiger partial charge in [-0.25, -0.2) is 4.79 Å². The molecule has 1 aromatic rings. The fourth-order valence-corrected chi connectivity index (χ4v) is 1.29. The number of nitriles is 1. The second-order valence-electron chi connectivity index (χ2n) is 2.92. The van der Waals surface area contributed by atoms with Crippen LogP contribution in [0.25, 0.3) is 0 Å². The molecule has 0 aliphatic heterocycles. The summed E-state index contributed by atoms with van der Waals surface area (Å²) in [5.41, 5.74) is 1.04. The lowest BCUT2D eigenvalue weighted by Gasteiger charge is -2.05. The third kappa shape index (κ3) is 1.73. The summed E-state index contributed by atoms with van der Waals surface area (Å²) in [4.78, 5) is 10.8. The summed E-state index contributed by atoms with van der Waals surface area (Å²) in [6.45, 7) is 1.39. The van der Waals surface area contributed by atoms with Crippen molar-refractivity contribution in [2.45, 2.75) is 13.5 Å². The van der Waals surface area contributed by atoms with Gasteiger partial charge in [0.25, 0.3) is 0 Å². The van der Waals surface area contributed by atoms with E-state index in [1.807, 2.05) is 0 Å². The molecule has 1 rings (SSSR count). The first-order valence-corrected chi connectivity index (χ1v) is 3.98. The molecule has 0 aliphatic carbocycles. The van der Waals surface area contributed by atoms with Gasteiger partial charge >= 0.3 is 5.97 Å². The van der Waals surface area contributed by atoms with Gasteiger partial charge in [-0.1, -0.05) is 6.07 Å². The number of nitrogens with zero attached hydrogens (tertiary/aromatic N) is 1. The summed E-state index contributed by atoms with van der Waals surface area (Å²) < 4.78 is 0. The third-order valence-electron chi connectivity index (χ3n) is 1.88. The fourth-order valence-electron chi connectivity index (χ4n) is 1.29. The van der Waals surface area contributed by atoms with Crippen LogP contribution in [0.15, 0.2) is 12.1 Å². The number of carbonyl (C=O) groups is 1. The summed E-state index contributed by atoms with van der Waals surface area (Å²) in [6, 6.07) is 4.80. The largest absolute Gasteiger partial charge is 0.478 e. The minimum Gasteiger partial charge on any atom is -0.478 e. The second-order valence-corrected chi connectivity index (χ2v) is 2.92. The highest BCUT2D eigenvalue weighted by Crippen LogP contribution is 2.17. The number of hydrogen-bond acceptors (Lipinski definition) is 3. The Labute approximate surface area is 81.0 Å². The van der Waals surface area contributed by atoms with Crippen LogP contribution in [-0.2, 0) is 6.61 Å². The van der Waals surface area contributed by atoms with Gasteiger partial charge in [0.1, 0.15) is 6.07 Å². The Hall–Kier alpha value is -1.86. The minimum atomic E-state index is -1.15. The standard InChI is InChI=1S/C10H9NO3/c1-6-2-7(5-12)9(4-11)8(3-6)10(13)14/h2-3,12H,5H2,1H3,(H,13,14). The van der Waals surface area contributed by atoms with Gasteiger partial charge in [-0.3, -0.25) is 0 Å². The van der Waals surface area contributed by atoms with E-state index in [1.54, 1.807) is 19.1 Å². The Morgan fingerprint density at radius 2 is 2.21 bits per heavy atom. The van der Waals surface area contributed by atoms with Crippen LogP contribution < -0.4 is 0 Å². The van der Waals surface area contributed by atoms with Gasteiger partial charge in [-0.2, -0.15) is 5.26 Å². The highest BCUT2D eigenvalue weighted by Gasteiger charge is 2.14. The predicted octanol–water partition coefficient (Wildman–Crippen LogP) is 1.06. The van der Waals surface area contributed by atoms with Gasteiger partial charge in [0.05, 0.1) is 17.7 Å². The first-order chi connectivity index (χ1) is 6.60. The molecule has 0 heterocycles. The summed E-state index contributed by atoms with van der Waals surface area (Å²) in [7, 11) is 0. The van der Waals surface area contributed by atoms with Gasteiger partial charge in [0, 0.05) is 0 Å². The zero-order valence-electron chi connectivity index (χ0n) is 7.61. The van der Waals surface area contributed by atoms with Crippen molar-refractivity contribution in [1.82, 2.24) is 0 Å². The van der Waals surface area contributed by atoms with E-state index in [2.05, 4.69) is 0 Å². The first kappa shape index (κ1) is 10.2. The Balaban J connectivity index is 3.49. The number of aliphatic hydroxyl groups is 1. The molecule has 0 aliphatic rings. The van der Waals surface area contributed by atoms with Crippen molar-refractivity contribution in [3.05, 3.63) is 34.4 Å². The molecule has 2 N–H and O–H groups in total. The number of carboxylic acid groups (broad SMARTS) is 1. The SMILES string of the molecule is Cc1cc(CO)c(C#N)c(C(=O)O)c1. The summed E-state index contributed by atoms with van der Waals surface area (Å²) >= 11 is 0. The van der Waals surface area contributed by atoms with E-state index in [0.29, 0.717) is 11.1 Å².